The van der Waals surface area contributed by atoms with Gasteiger partial charge in [0.2, 0.25) is 0 Å². The van der Waals surface area contributed by atoms with E-state index in [1.165, 1.54) is 32.1 Å². The van der Waals surface area contributed by atoms with Gasteiger partial charge in [-0.1, -0.05) is 25.0 Å². The van der Waals surface area contributed by atoms with Gasteiger partial charge in [0, 0.05) is 6.04 Å². The molecule has 0 amide bonds. The Labute approximate surface area is 102 Å². The minimum atomic E-state index is 0.453. The van der Waals surface area contributed by atoms with E-state index < -0.39 is 0 Å². The van der Waals surface area contributed by atoms with Gasteiger partial charge in [0.1, 0.15) is 0 Å². The number of allylic oxidation sites excluding steroid dienone is 2. The van der Waals surface area contributed by atoms with E-state index in [1.54, 1.807) is 11.1 Å². The first-order valence-electron chi connectivity index (χ1n) is 6.70. The van der Waals surface area contributed by atoms with Gasteiger partial charge in [-0.3, -0.25) is 0 Å². The first-order valence-corrected chi connectivity index (χ1v) is 6.70. The minimum Gasteiger partial charge on any atom is -0.307 e. The molecule has 0 aromatic rings. The molecule has 1 heteroatoms. The van der Waals surface area contributed by atoms with Crippen molar-refractivity contribution in [2.24, 2.45) is 5.41 Å². The molecule has 0 fully saturated rings. The predicted molar refractivity (Wildman–Crippen MR) is 72.7 cm³/mol. The van der Waals surface area contributed by atoms with Gasteiger partial charge in [-0.15, -0.1) is 0 Å². The van der Waals surface area contributed by atoms with Crippen LogP contribution < -0.4 is 0 Å². The van der Waals surface area contributed by atoms with Crippen molar-refractivity contribution >= 4 is 0 Å². The van der Waals surface area contributed by atoms with Crippen molar-refractivity contribution in [1.82, 2.24) is 4.90 Å². The van der Waals surface area contributed by atoms with Gasteiger partial charge < -0.3 is 4.90 Å². The average Bonchev–Trinajstić information content (AvgIpc) is 2.15. The Balaban J connectivity index is 2.64. The summed E-state index contributed by atoms with van der Waals surface area (Å²) in [6, 6.07) is 0.693. The second-order valence-electron chi connectivity index (χ2n) is 6.35. The van der Waals surface area contributed by atoms with Crippen molar-refractivity contribution in [1.29, 1.82) is 0 Å². The van der Waals surface area contributed by atoms with Gasteiger partial charge in [-0.25, -0.2) is 0 Å². The van der Waals surface area contributed by atoms with Gasteiger partial charge in [0.25, 0.3) is 0 Å². The smallest absolute Gasteiger partial charge is 0.00638 e. The van der Waals surface area contributed by atoms with E-state index in [-0.39, 0.29) is 0 Å². The molecule has 1 unspecified atom stereocenters. The van der Waals surface area contributed by atoms with Crippen LogP contribution in [0.5, 0.6) is 0 Å². The van der Waals surface area contributed by atoms with E-state index in [2.05, 4.69) is 46.7 Å². The lowest BCUT2D eigenvalue weighted by molar-refractivity contribution is 0.284. The van der Waals surface area contributed by atoms with Gasteiger partial charge >= 0.3 is 0 Å². The largest absolute Gasteiger partial charge is 0.307 e. The van der Waals surface area contributed by atoms with Crippen LogP contribution in [0.15, 0.2) is 11.1 Å². The standard InChI is InChI=1S/C15H29N/c1-12-8-7-11-15(3,4)14(12)10-9-13(2)16(5)6/h13H,7-11H2,1-6H3. The third-order valence-electron chi connectivity index (χ3n) is 4.38. The molecule has 0 saturated heterocycles. The second kappa shape index (κ2) is 5.35. The molecule has 1 rings (SSSR count). The maximum Gasteiger partial charge on any atom is 0.00638 e. The number of rotatable bonds is 4. The van der Waals surface area contributed by atoms with E-state index in [9.17, 15) is 0 Å². The first-order chi connectivity index (χ1) is 7.34. The van der Waals surface area contributed by atoms with E-state index in [1.807, 2.05) is 0 Å². The fraction of sp³-hybridized carbons (Fsp3) is 0.867. The van der Waals surface area contributed by atoms with E-state index in [0.29, 0.717) is 11.5 Å². The Morgan fingerprint density at radius 3 is 2.44 bits per heavy atom. The Hall–Kier alpha value is -0.300. The summed E-state index contributed by atoms with van der Waals surface area (Å²) in [5.74, 6) is 0. The van der Waals surface area contributed by atoms with Gasteiger partial charge in [0.05, 0.1) is 0 Å². The van der Waals surface area contributed by atoms with Crippen molar-refractivity contribution in [3.05, 3.63) is 11.1 Å². The highest BCUT2D eigenvalue weighted by atomic mass is 15.1. The van der Waals surface area contributed by atoms with Crippen molar-refractivity contribution in [2.45, 2.75) is 65.8 Å². The van der Waals surface area contributed by atoms with Crippen LogP contribution in [0, 0.1) is 5.41 Å². The fourth-order valence-corrected chi connectivity index (χ4v) is 2.84. The van der Waals surface area contributed by atoms with Crippen LogP contribution in [-0.2, 0) is 0 Å². The molecule has 16 heavy (non-hydrogen) atoms. The summed E-state index contributed by atoms with van der Waals surface area (Å²) in [7, 11) is 4.36. The molecular weight excluding hydrogens is 194 g/mol. The van der Waals surface area contributed by atoms with Gasteiger partial charge in [-0.05, 0) is 65.5 Å². The lowest BCUT2D eigenvalue weighted by Crippen LogP contribution is -2.26. The molecule has 0 N–H and O–H groups in total. The molecule has 0 saturated carbocycles. The maximum atomic E-state index is 2.42. The SMILES string of the molecule is CC1=C(CCC(C)N(C)C)C(C)(C)CCC1. The highest BCUT2D eigenvalue weighted by molar-refractivity contribution is 5.22. The Bertz CT molecular complexity index is 261. The molecule has 0 radical (unpaired) electrons. The van der Waals surface area contributed by atoms with Gasteiger partial charge in [0.15, 0.2) is 0 Å². The van der Waals surface area contributed by atoms with Crippen LogP contribution in [0.1, 0.15) is 59.8 Å². The normalized spacial score (nSPS) is 22.7. The van der Waals surface area contributed by atoms with Crippen LogP contribution in [0.2, 0.25) is 0 Å². The molecule has 0 bridgehead atoms. The summed E-state index contributed by atoms with van der Waals surface area (Å²) in [6.45, 7) is 9.51. The molecule has 0 aromatic carbocycles. The molecule has 0 spiro atoms. The maximum absolute atomic E-state index is 2.42. The quantitative estimate of drug-likeness (QED) is 0.644. The highest BCUT2D eigenvalue weighted by Gasteiger charge is 2.28. The summed E-state index contributed by atoms with van der Waals surface area (Å²) in [6.07, 6.45) is 6.66. The lowest BCUT2D eigenvalue weighted by atomic mass is 9.71. The van der Waals surface area contributed by atoms with Crippen LogP contribution in [0.3, 0.4) is 0 Å². The van der Waals surface area contributed by atoms with Crippen LogP contribution in [0.25, 0.3) is 0 Å². The van der Waals surface area contributed by atoms with Crippen LogP contribution in [-0.4, -0.2) is 25.0 Å². The average molecular weight is 223 g/mol. The zero-order valence-corrected chi connectivity index (χ0v) is 12.1. The number of hydrogen-bond acceptors (Lipinski definition) is 1. The van der Waals surface area contributed by atoms with Crippen LogP contribution in [0.4, 0.5) is 0 Å². The molecule has 1 nitrogen and oxygen atoms in total. The van der Waals surface area contributed by atoms with Crippen LogP contribution >= 0.6 is 0 Å². The molecule has 1 aliphatic carbocycles. The van der Waals surface area contributed by atoms with E-state index >= 15 is 0 Å². The Morgan fingerprint density at radius 2 is 1.94 bits per heavy atom. The summed E-state index contributed by atoms with van der Waals surface area (Å²) >= 11 is 0. The minimum absolute atomic E-state index is 0.453. The van der Waals surface area contributed by atoms with E-state index in [4.69, 9.17) is 0 Å². The number of nitrogens with zero attached hydrogens (tertiary/aromatic N) is 1. The Morgan fingerprint density at radius 1 is 1.31 bits per heavy atom. The molecule has 0 aliphatic heterocycles. The zero-order valence-electron chi connectivity index (χ0n) is 12.1. The number of hydrogen-bond donors (Lipinski definition) is 0. The summed E-state index contributed by atoms with van der Waals surface area (Å²) in [4.78, 5) is 2.33. The first kappa shape index (κ1) is 13.8. The lowest BCUT2D eigenvalue weighted by Gasteiger charge is -2.35. The molecule has 0 heterocycles. The van der Waals surface area contributed by atoms with Crippen molar-refractivity contribution in [3.8, 4) is 0 Å². The monoisotopic (exact) mass is 223 g/mol. The zero-order chi connectivity index (χ0) is 12.3. The summed E-state index contributed by atoms with van der Waals surface area (Å²) in [5, 5.41) is 0. The summed E-state index contributed by atoms with van der Waals surface area (Å²) in [5.41, 5.74) is 3.86. The summed E-state index contributed by atoms with van der Waals surface area (Å²) < 4.78 is 0. The molecular formula is C15H29N. The van der Waals surface area contributed by atoms with E-state index in [0.717, 1.165) is 0 Å². The molecule has 1 aliphatic rings. The Kier molecular flexibility index (Phi) is 4.61. The van der Waals surface area contributed by atoms with Crippen molar-refractivity contribution in [2.75, 3.05) is 14.1 Å². The fourth-order valence-electron chi connectivity index (χ4n) is 2.84. The topological polar surface area (TPSA) is 3.24 Å². The third kappa shape index (κ3) is 3.35. The van der Waals surface area contributed by atoms with Crippen molar-refractivity contribution < 1.29 is 0 Å². The highest BCUT2D eigenvalue weighted by Crippen LogP contribution is 2.42. The molecule has 94 valence electrons. The predicted octanol–water partition coefficient (Wildman–Crippen LogP) is 4.24. The molecule has 0 aromatic heterocycles. The second-order valence-corrected chi connectivity index (χ2v) is 6.35. The van der Waals surface area contributed by atoms with Crippen molar-refractivity contribution in [3.63, 3.8) is 0 Å². The third-order valence-corrected chi connectivity index (χ3v) is 4.38. The van der Waals surface area contributed by atoms with Gasteiger partial charge in [-0.2, -0.15) is 0 Å². The molecule has 1 atom stereocenters.